The van der Waals surface area contributed by atoms with E-state index in [9.17, 15) is 17.6 Å². The summed E-state index contributed by atoms with van der Waals surface area (Å²) in [6.07, 6.45) is -0.599. The van der Waals surface area contributed by atoms with Gasteiger partial charge in [-0.3, -0.25) is 4.79 Å². The van der Waals surface area contributed by atoms with Gasteiger partial charge in [0.1, 0.15) is 11.8 Å². The van der Waals surface area contributed by atoms with Gasteiger partial charge in [-0.25, -0.2) is 12.8 Å². The van der Waals surface area contributed by atoms with Crippen LogP contribution in [0.2, 0.25) is 0 Å². The van der Waals surface area contributed by atoms with Crippen LogP contribution in [-0.2, 0) is 21.2 Å². The van der Waals surface area contributed by atoms with E-state index in [1.807, 2.05) is 0 Å². The zero-order valence-electron chi connectivity index (χ0n) is 12.3. The van der Waals surface area contributed by atoms with Crippen LogP contribution in [0.15, 0.2) is 23.1 Å². The van der Waals surface area contributed by atoms with E-state index in [4.69, 9.17) is 15.1 Å². The minimum Gasteiger partial charge on any atom is -0.496 e. The summed E-state index contributed by atoms with van der Waals surface area (Å²) < 4.78 is 44.9. The molecule has 0 radical (unpaired) electrons. The van der Waals surface area contributed by atoms with Gasteiger partial charge in [-0.2, -0.15) is 9.57 Å². The topological polar surface area (TPSA) is 108 Å². The first-order valence-electron chi connectivity index (χ1n) is 6.71. The SMILES string of the molecule is COc1ccc(S(=O)(=O)N2CCC(F)(C#N)C2)cc1CC(=O)O. The van der Waals surface area contributed by atoms with Crippen LogP contribution in [0.4, 0.5) is 4.39 Å². The zero-order chi connectivity index (χ0) is 17.3. The molecule has 1 heterocycles. The Labute approximate surface area is 132 Å². The quantitative estimate of drug-likeness (QED) is 0.853. The normalized spacial score (nSPS) is 21.8. The van der Waals surface area contributed by atoms with E-state index in [0.717, 1.165) is 4.31 Å². The molecule has 1 saturated heterocycles. The Morgan fingerprint density at radius 3 is 2.78 bits per heavy atom. The van der Waals surface area contributed by atoms with Gasteiger partial charge in [-0.15, -0.1) is 0 Å². The minimum absolute atomic E-state index is 0.104. The number of sulfonamides is 1. The average molecular weight is 342 g/mol. The Bertz CT molecular complexity index is 774. The molecule has 1 aliphatic rings. The van der Waals surface area contributed by atoms with E-state index in [1.165, 1.54) is 31.4 Å². The molecule has 1 aliphatic heterocycles. The fraction of sp³-hybridized carbons (Fsp3) is 0.429. The van der Waals surface area contributed by atoms with Gasteiger partial charge < -0.3 is 9.84 Å². The van der Waals surface area contributed by atoms with Crippen molar-refractivity contribution in [3.63, 3.8) is 0 Å². The molecule has 124 valence electrons. The predicted molar refractivity (Wildman–Crippen MR) is 77.2 cm³/mol. The van der Waals surface area contributed by atoms with Crippen molar-refractivity contribution in [3.05, 3.63) is 23.8 Å². The maximum Gasteiger partial charge on any atom is 0.307 e. The highest BCUT2D eigenvalue weighted by molar-refractivity contribution is 7.89. The Morgan fingerprint density at radius 2 is 2.26 bits per heavy atom. The molecular formula is C14H15FN2O5S. The molecule has 1 unspecified atom stereocenters. The molecule has 9 heteroatoms. The number of carboxylic acids is 1. The van der Waals surface area contributed by atoms with Crippen molar-refractivity contribution in [2.75, 3.05) is 20.2 Å². The van der Waals surface area contributed by atoms with Crippen molar-refractivity contribution >= 4 is 16.0 Å². The number of hydrogen-bond donors (Lipinski definition) is 1. The molecule has 0 amide bonds. The molecule has 1 N–H and O–H groups in total. The van der Waals surface area contributed by atoms with Gasteiger partial charge in [0.2, 0.25) is 15.7 Å². The maximum absolute atomic E-state index is 13.9. The second-order valence-electron chi connectivity index (χ2n) is 5.21. The van der Waals surface area contributed by atoms with Gasteiger partial charge in [-0.05, 0) is 18.2 Å². The number of nitrogens with zero attached hydrogens (tertiary/aromatic N) is 2. The van der Waals surface area contributed by atoms with Crippen LogP contribution in [-0.4, -0.2) is 49.7 Å². The highest BCUT2D eigenvalue weighted by Gasteiger charge is 2.43. The lowest BCUT2D eigenvalue weighted by Gasteiger charge is -2.17. The minimum atomic E-state index is -4.01. The Hall–Kier alpha value is -2.18. The summed E-state index contributed by atoms with van der Waals surface area (Å²) in [4.78, 5) is 10.7. The van der Waals surface area contributed by atoms with E-state index < -0.39 is 34.6 Å². The number of aliphatic carboxylic acids is 1. The first kappa shape index (κ1) is 17.2. The fourth-order valence-corrected chi connectivity index (χ4v) is 3.94. The summed E-state index contributed by atoms with van der Waals surface area (Å²) >= 11 is 0. The fourth-order valence-electron chi connectivity index (χ4n) is 2.40. The molecule has 1 aromatic rings. The van der Waals surface area contributed by atoms with Crippen LogP contribution in [0.1, 0.15) is 12.0 Å². The van der Waals surface area contributed by atoms with Crippen LogP contribution < -0.4 is 4.74 Å². The zero-order valence-corrected chi connectivity index (χ0v) is 13.1. The smallest absolute Gasteiger partial charge is 0.307 e. The maximum atomic E-state index is 13.9. The lowest BCUT2D eigenvalue weighted by Crippen LogP contribution is -2.32. The van der Waals surface area contributed by atoms with Gasteiger partial charge in [0, 0.05) is 18.5 Å². The van der Waals surface area contributed by atoms with Crippen LogP contribution in [0.25, 0.3) is 0 Å². The summed E-state index contributed by atoms with van der Waals surface area (Å²) in [5.41, 5.74) is -1.99. The number of methoxy groups -OCH3 is 1. The van der Waals surface area contributed by atoms with Crippen LogP contribution >= 0.6 is 0 Å². The van der Waals surface area contributed by atoms with Gasteiger partial charge in [0.25, 0.3) is 0 Å². The number of benzene rings is 1. The van der Waals surface area contributed by atoms with Crippen LogP contribution in [0.5, 0.6) is 5.75 Å². The van der Waals surface area contributed by atoms with Crippen LogP contribution in [0.3, 0.4) is 0 Å². The highest BCUT2D eigenvalue weighted by atomic mass is 32.2. The largest absolute Gasteiger partial charge is 0.496 e. The van der Waals surface area contributed by atoms with Crippen molar-refractivity contribution in [2.24, 2.45) is 0 Å². The lowest BCUT2D eigenvalue weighted by atomic mass is 10.1. The Balaban J connectivity index is 2.37. The molecule has 0 aliphatic carbocycles. The number of ether oxygens (including phenoxy) is 1. The summed E-state index contributed by atoms with van der Waals surface area (Å²) in [6.45, 7) is -0.640. The van der Waals surface area contributed by atoms with Crippen molar-refractivity contribution < 1.29 is 27.4 Å². The third kappa shape index (κ3) is 3.43. The molecule has 1 fully saturated rings. The molecular weight excluding hydrogens is 327 g/mol. The highest BCUT2D eigenvalue weighted by Crippen LogP contribution is 2.31. The molecule has 2 rings (SSSR count). The van der Waals surface area contributed by atoms with E-state index >= 15 is 0 Å². The molecule has 0 saturated carbocycles. The second-order valence-corrected chi connectivity index (χ2v) is 7.15. The number of halogens is 1. The molecule has 23 heavy (non-hydrogen) atoms. The number of carboxylic acid groups (broad SMARTS) is 1. The van der Waals surface area contributed by atoms with Crippen LogP contribution in [0, 0.1) is 11.3 Å². The molecule has 1 aromatic carbocycles. The standard InChI is InChI=1S/C14H15FN2O5S/c1-22-12-3-2-11(6-10(12)7-13(18)19)23(20,21)17-5-4-14(15,8-16)9-17/h2-3,6H,4-5,7,9H2,1H3,(H,18,19). The van der Waals surface area contributed by atoms with Gasteiger partial charge >= 0.3 is 5.97 Å². The van der Waals surface area contributed by atoms with Crippen molar-refractivity contribution in [2.45, 2.75) is 23.4 Å². The van der Waals surface area contributed by atoms with E-state index in [-0.39, 0.29) is 29.2 Å². The Morgan fingerprint density at radius 1 is 1.57 bits per heavy atom. The summed E-state index contributed by atoms with van der Waals surface area (Å²) in [5, 5.41) is 17.7. The first-order chi connectivity index (χ1) is 10.7. The first-order valence-corrected chi connectivity index (χ1v) is 8.15. The Kier molecular flexibility index (Phi) is 4.58. The molecule has 0 bridgehead atoms. The van der Waals surface area contributed by atoms with E-state index in [0.29, 0.717) is 0 Å². The van der Waals surface area contributed by atoms with Gasteiger partial charge in [0.15, 0.2) is 0 Å². The van der Waals surface area contributed by atoms with Gasteiger partial charge in [-0.1, -0.05) is 0 Å². The molecule has 1 atom stereocenters. The summed E-state index contributed by atoms with van der Waals surface area (Å²) in [5.74, 6) is -0.879. The van der Waals surface area contributed by atoms with E-state index in [1.54, 1.807) is 0 Å². The average Bonchev–Trinajstić information content (AvgIpc) is 2.90. The molecule has 0 aromatic heterocycles. The van der Waals surface area contributed by atoms with Crippen molar-refractivity contribution in [3.8, 4) is 11.8 Å². The number of carbonyl (C=O) groups is 1. The summed E-state index contributed by atoms with van der Waals surface area (Å²) in [6, 6.07) is 5.30. The number of hydrogen-bond acceptors (Lipinski definition) is 5. The molecule has 0 spiro atoms. The number of rotatable bonds is 5. The molecule has 7 nitrogen and oxygen atoms in total. The van der Waals surface area contributed by atoms with Crippen molar-refractivity contribution in [1.29, 1.82) is 5.26 Å². The third-order valence-corrected chi connectivity index (χ3v) is 5.46. The van der Waals surface area contributed by atoms with Crippen molar-refractivity contribution in [1.82, 2.24) is 4.31 Å². The number of alkyl halides is 1. The lowest BCUT2D eigenvalue weighted by molar-refractivity contribution is -0.136. The van der Waals surface area contributed by atoms with Gasteiger partial charge in [0.05, 0.1) is 25.0 Å². The predicted octanol–water partition coefficient (Wildman–Crippen LogP) is 0.949. The third-order valence-electron chi connectivity index (χ3n) is 3.62. The monoisotopic (exact) mass is 342 g/mol. The number of nitriles is 1. The second kappa shape index (κ2) is 6.14. The van der Waals surface area contributed by atoms with E-state index in [2.05, 4.69) is 0 Å². The summed E-state index contributed by atoms with van der Waals surface area (Å²) in [7, 11) is -2.66.